The highest BCUT2D eigenvalue weighted by Gasteiger charge is 2.40. The second kappa shape index (κ2) is 8.42. The van der Waals surface area contributed by atoms with E-state index < -0.39 is 0 Å². The van der Waals surface area contributed by atoms with Gasteiger partial charge in [0.25, 0.3) is 11.8 Å². The van der Waals surface area contributed by atoms with Crippen LogP contribution in [-0.2, 0) is 9.59 Å². The van der Waals surface area contributed by atoms with E-state index in [1.165, 1.54) is 16.7 Å². The molecular weight excluding hydrogens is 495 g/mol. The molecule has 0 spiro atoms. The number of amides is 2. The summed E-state index contributed by atoms with van der Waals surface area (Å²) in [4.78, 5) is 29.0. The number of carbonyl (C=O) groups is 2. The van der Waals surface area contributed by atoms with Gasteiger partial charge < -0.3 is 5.32 Å². The molecule has 0 saturated heterocycles. The molecule has 4 nitrogen and oxygen atoms in total. The lowest BCUT2D eigenvalue weighted by Gasteiger charge is -2.15. The Morgan fingerprint density at radius 1 is 0.828 bits per heavy atom. The van der Waals surface area contributed by atoms with Gasteiger partial charge in [0.15, 0.2) is 0 Å². The van der Waals surface area contributed by atoms with Gasteiger partial charge in [0.1, 0.15) is 10.6 Å². The van der Waals surface area contributed by atoms with Gasteiger partial charge in [-0.05, 0) is 78.0 Å². The van der Waals surface area contributed by atoms with Crippen LogP contribution in [0.1, 0.15) is 5.56 Å². The first-order chi connectivity index (χ1) is 14.0. The molecule has 0 fully saturated rings. The number of hydrogen-bond donors (Lipinski definition) is 1. The Morgan fingerprint density at radius 3 is 2.14 bits per heavy atom. The average Bonchev–Trinajstić information content (AvgIpc) is 2.95. The SMILES string of the molecule is Cc1ccc(N2C(=O)C(Nc3ccc(I)cc3)=C(Sc3ccccc3)C2=O)cc1. The molecule has 0 radical (unpaired) electrons. The van der Waals surface area contributed by atoms with Crippen molar-refractivity contribution in [1.29, 1.82) is 0 Å². The maximum atomic E-state index is 13.2. The number of halogens is 1. The molecule has 3 aromatic rings. The van der Waals surface area contributed by atoms with Crippen LogP contribution in [0.2, 0.25) is 0 Å². The Morgan fingerprint density at radius 2 is 1.48 bits per heavy atom. The van der Waals surface area contributed by atoms with Crippen LogP contribution in [-0.4, -0.2) is 11.8 Å². The fraction of sp³-hybridized carbons (Fsp3) is 0.0435. The summed E-state index contributed by atoms with van der Waals surface area (Å²) in [7, 11) is 0. The van der Waals surface area contributed by atoms with Gasteiger partial charge >= 0.3 is 0 Å². The maximum absolute atomic E-state index is 13.2. The first kappa shape index (κ1) is 19.7. The van der Waals surface area contributed by atoms with E-state index in [-0.39, 0.29) is 11.8 Å². The number of hydrogen-bond acceptors (Lipinski definition) is 4. The average molecular weight is 512 g/mol. The number of carbonyl (C=O) groups excluding carboxylic acids is 2. The monoisotopic (exact) mass is 512 g/mol. The van der Waals surface area contributed by atoms with Crippen molar-refractivity contribution in [3.8, 4) is 0 Å². The summed E-state index contributed by atoms with van der Waals surface area (Å²) in [6, 6.07) is 24.7. The van der Waals surface area contributed by atoms with Crippen molar-refractivity contribution < 1.29 is 9.59 Å². The van der Waals surface area contributed by atoms with Crippen molar-refractivity contribution in [2.24, 2.45) is 0 Å². The molecule has 0 unspecified atom stereocenters. The smallest absolute Gasteiger partial charge is 0.283 e. The second-order valence-corrected chi connectivity index (χ2v) is 8.86. The molecule has 3 aromatic carbocycles. The Bertz CT molecular complexity index is 1090. The molecule has 1 aliphatic rings. The largest absolute Gasteiger partial charge is 0.350 e. The molecule has 0 atom stereocenters. The van der Waals surface area contributed by atoms with E-state index in [0.717, 1.165) is 19.7 Å². The lowest BCUT2D eigenvalue weighted by Crippen LogP contribution is -2.32. The van der Waals surface area contributed by atoms with Crippen LogP contribution < -0.4 is 10.2 Å². The predicted molar refractivity (Wildman–Crippen MR) is 126 cm³/mol. The standard InChI is InChI=1S/C23H17IN2O2S/c1-15-7-13-18(14-8-15)26-22(27)20(25-17-11-9-16(24)10-12-17)21(23(26)28)29-19-5-3-2-4-6-19/h2-14,25H,1H3. The third-order valence-corrected chi connectivity index (χ3v) is 6.22. The first-order valence-electron chi connectivity index (χ1n) is 8.98. The molecule has 2 amide bonds. The van der Waals surface area contributed by atoms with Crippen LogP contribution >= 0.6 is 34.4 Å². The van der Waals surface area contributed by atoms with Gasteiger partial charge in [-0.25, -0.2) is 4.90 Å². The number of rotatable bonds is 5. The number of imide groups is 1. The predicted octanol–water partition coefficient (Wildman–Crippen LogP) is 5.59. The van der Waals surface area contributed by atoms with Crippen LogP contribution in [0.25, 0.3) is 0 Å². The van der Waals surface area contributed by atoms with E-state index in [0.29, 0.717) is 16.3 Å². The summed E-state index contributed by atoms with van der Waals surface area (Å²) < 4.78 is 1.09. The van der Waals surface area contributed by atoms with Crippen molar-refractivity contribution in [2.45, 2.75) is 11.8 Å². The quantitative estimate of drug-likeness (QED) is 0.358. The molecule has 0 aromatic heterocycles. The second-order valence-electron chi connectivity index (χ2n) is 6.53. The number of nitrogens with zero attached hydrogens (tertiary/aromatic N) is 1. The topological polar surface area (TPSA) is 49.4 Å². The summed E-state index contributed by atoms with van der Waals surface area (Å²) in [5, 5.41) is 3.17. The van der Waals surface area contributed by atoms with Crippen LogP contribution in [0.15, 0.2) is 94.4 Å². The minimum absolute atomic E-state index is 0.297. The van der Waals surface area contributed by atoms with Crippen molar-refractivity contribution >= 4 is 57.5 Å². The molecule has 4 rings (SSSR count). The van der Waals surface area contributed by atoms with Crippen molar-refractivity contribution in [1.82, 2.24) is 0 Å². The van der Waals surface area contributed by atoms with E-state index in [1.807, 2.05) is 73.7 Å². The Labute approximate surface area is 187 Å². The molecule has 1 N–H and O–H groups in total. The van der Waals surface area contributed by atoms with E-state index in [9.17, 15) is 9.59 Å². The van der Waals surface area contributed by atoms with Gasteiger partial charge in [0.2, 0.25) is 0 Å². The zero-order valence-electron chi connectivity index (χ0n) is 15.6. The molecule has 6 heteroatoms. The Hall–Kier alpha value is -2.58. The molecular formula is C23H17IN2O2S. The molecule has 1 aliphatic heterocycles. The summed E-state index contributed by atoms with van der Waals surface area (Å²) in [5.41, 5.74) is 2.69. The van der Waals surface area contributed by atoms with E-state index >= 15 is 0 Å². The summed E-state index contributed by atoms with van der Waals surface area (Å²) in [6.07, 6.45) is 0. The van der Waals surface area contributed by atoms with E-state index in [1.54, 1.807) is 12.1 Å². The first-order valence-corrected chi connectivity index (χ1v) is 10.9. The number of anilines is 2. The molecule has 144 valence electrons. The zero-order chi connectivity index (χ0) is 20.4. The van der Waals surface area contributed by atoms with Gasteiger partial charge in [0, 0.05) is 14.2 Å². The Kier molecular flexibility index (Phi) is 5.73. The third kappa shape index (κ3) is 4.23. The minimum atomic E-state index is -0.351. The van der Waals surface area contributed by atoms with Gasteiger partial charge in [-0.15, -0.1) is 0 Å². The number of aryl methyl sites for hydroxylation is 1. The van der Waals surface area contributed by atoms with Gasteiger partial charge in [-0.1, -0.05) is 47.7 Å². The lowest BCUT2D eigenvalue weighted by atomic mass is 10.2. The fourth-order valence-electron chi connectivity index (χ4n) is 2.93. The molecule has 29 heavy (non-hydrogen) atoms. The summed E-state index contributed by atoms with van der Waals surface area (Å²) in [6.45, 7) is 1.97. The lowest BCUT2D eigenvalue weighted by molar-refractivity contribution is -0.120. The number of thioether (sulfide) groups is 1. The normalized spacial score (nSPS) is 13.9. The highest BCUT2D eigenvalue weighted by Crippen LogP contribution is 2.37. The van der Waals surface area contributed by atoms with E-state index in [4.69, 9.17) is 0 Å². The van der Waals surface area contributed by atoms with E-state index in [2.05, 4.69) is 27.9 Å². The minimum Gasteiger partial charge on any atom is -0.350 e. The third-order valence-electron chi connectivity index (χ3n) is 4.41. The van der Waals surface area contributed by atoms with Crippen LogP contribution in [0.3, 0.4) is 0 Å². The molecule has 0 bridgehead atoms. The van der Waals surface area contributed by atoms with Crippen LogP contribution in [0.5, 0.6) is 0 Å². The number of benzene rings is 3. The van der Waals surface area contributed by atoms with Crippen molar-refractivity contribution in [3.05, 3.63) is 98.6 Å². The summed E-state index contributed by atoms with van der Waals surface area (Å²) in [5.74, 6) is -0.670. The van der Waals surface area contributed by atoms with Gasteiger partial charge in [-0.3, -0.25) is 9.59 Å². The Balaban J connectivity index is 1.73. The maximum Gasteiger partial charge on any atom is 0.283 e. The van der Waals surface area contributed by atoms with Crippen LogP contribution in [0, 0.1) is 10.5 Å². The highest BCUT2D eigenvalue weighted by molar-refractivity contribution is 14.1. The van der Waals surface area contributed by atoms with Gasteiger partial charge in [-0.2, -0.15) is 0 Å². The molecule has 0 saturated carbocycles. The summed E-state index contributed by atoms with van der Waals surface area (Å²) >= 11 is 3.53. The molecule has 0 aliphatic carbocycles. The molecule has 1 heterocycles. The number of nitrogens with one attached hydrogen (secondary N) is 1. The van der Waals surface area contributed by atoms with Gasteiger partial charge in [0.05, 0.1) is 5.69 Å². The van der Waals surface area contributed by atoms with Crippen molar-refractivity contribution in [2.75, 3.05) is 10.2 Å². The zero-order valence-corrected chi connectivity index (χ0v) is 18.5. The highest BCUT2D eigenvalue weighted by atomic mass is 127. The van der Waals surface area contributed by atoms with Crippen molar-refractivity contribution in [3.63, 3.8) is 0 Å². The fourth-order valence-corrected chi connectivity index (χ4v) is 4.23. The van der Waals surface area contributed by atoms with Crippen LogP contribution in [0.4, 0.5) is 11.4 Å².